The van der Waals surface area contributed by atoms with Gasteiger partial charge in [0.2, 0.25) is 0 Å². The second kappa shape index (κ2) is 7.55. The third-order valence-electron chi connectivity index (χ3n) is 3.25. The summed E-state index contributed by atoms with van der Waals surface area (Å²) in [7, 11) is 1.46. The summed E-state index contributed by atoms with van der Waals surface area (Å²) in [6.45, 7) is 0.152. The van der Waals surface area contributed by atoms with Crippen LogP contribution < -0.4 is 15.2 Å². The lowest BCUT2D eigenvalue weighted by molar-refractivity contribution is -0.138. The summed E-state index contributed by atoms with van der Waals surface area (Å²) < 4.78 is 10.9. The predicted molar refractivity (Wildman–Crippen MR) is 88.4 cm³/mol. The second-order valence-corrected chi connectivity index (χ2v) is 5.53. The van der Waals surface area contributed by atoms with Crippen molar-refractivity contribution in [3.8, 4) is 11.5 Å². The fraction of sp³-hybridized carbons (Fsp3) is 0.188. The third-order valence-corrected chi connectivity index (χ3v) is 3.95. The number of hydrogen-bond donors (Lipinski definition) is 2. The molecular formula is C16H15Cl2NO4. The molecule has 0 radical (unpaired) electrons. The lowest BCUT2D eigenvalue weighted by Gasteiger charge is -2.14. The van der Waals surface area contributed by atoms with Gasteiger partial charge in [0.05, 0.1) is 7.11 Å². The Morgan fingerprint density at radius 3 is 2.43 bits per heavy atom. The molecule has 7 heteroatoms. The standard InChI is InChI=1S/C16H15Cl2NO4/c1-22-14-7-9(15(19)16(20)21)5-6-13(14)23-8-10-11(17)3-2-4-12(10)18/h2-7,15H,8,19H2,1H3,(H,20,21). The van der Waals surface area contributed by atoms with E-state index in [1.165, 1.54) is 13.2 Å². The van der Waals surface area contributed by atoms with E-state index < -0.39 is 12.0 Å². The van der Waals surface area contributed by atoms with Crippen LogP contribution in [0.3, 0.4) is 0 Å². The van der Waals surface area contributed by atoms with Crippen molar-refractivity contribution in [2.75, 3.05) is 7.11 Å². The molecule has 1 atom stereocenters. The SMILES string of the molecule is COc1cc(C(N)C(=O)O)ccc1OCc1c(Cl)cccc1Cl. The Morgan fingerprint density at radius 2 is 1.87 bits per heavy atom. The summed E-state index contributed by atoms with van der Waals surface area (Å²) in [4.78, 5) is 10.9. The van der Waals surface area contributed by atoms with Gasteiger partial charge in [0.25, 0.3) is 0 Å². The molecule has 2 aromatic carbocycles. The Morgan fingerprint density at radius 1 is 1.22 bits per heavy atom. The zero-order valence-corrected chi connectivity index (χ0v) is 13.8. The molecule has 0 aromatic heterocycles. The van der Waals surface area contributed by atoms with Crippen molar-refractivity contribution >= 4 is 29.2 Å². The monoisotopic (exact) mass is 355 g/mol. The fourth-order valence-corrected chi connectivity index (χ4v) is 2.47. The molecule has 2 aromatic rings. The number of aliphatic carboxylic acids is 1. The van der Waals surface area contributed by atoms with Gasteiger partial charge in [-0.2, -0.15) is 0 Å². The highest BCUT2D eigenvalue weighted by Crippen LogP contribution is 2.32. The summed E-state index contributed by atoms with van der Waals surface area (Å²) >= 11 is 12.2. The van der Waals surface area contributed by atoms with Crippen molar-refractivity contribution < 1.29 is 19.4 Å². The summed E-state index contributed by atoms with van der Waals surface area (Å²) in [6.07, 6.45) is 0. The molecule has 5 nitrogen and oxygen atoms in total. The summed E-state index contributed by atoms with van der Waals surface area (Å²) in [5.41, 5.74) is 6.66. The predicted octanol–water partition coefficient (Wildman–Crippen LogP) is 3.67. The molecular weight excluding hydrogens is 341 g/mol. The fourth-order valence-electron chi connectivity index (χ4n) is 1.96. The number of nitrogens with two attached hydrogens (primary N) is 1. The molecule has 0 saturated carbocycles. The molecule has 0 aliphatic heterocycles. The number of benzene rings is 2. The molecule has 0 heterocycles. The van der Waals surface area contributed by atoms with E-state index >= 15 is 0 Å². The third kappa shape index (κ3) is 4.07. The van der Waals surface area contributed by atoms with Crippen LogP contribution in [0.5, 0.6) is 11.5 Å². The van der Waals surface area contributed by atoms with Gasteiger partial charge in [-0.1, -0.05) is 35.3 Å². The smallest absolute Gasteiger partial charge is 0.325 e. The lowest BCUT2D eigenvalue weighted by Crippen LogP contribution is -2.20. The maximum atomic E-state index is 10.9. The van der Waals surface area contributed by atoms with Gasteiger partial charge in [0, 0.05) is 15.6 Å². The minimum absolute atomic E-state index is 0.152. The first-order chi connectivity index (χ1) is 10.9. The molecule has 2 rings (SSSR count). The molecule has 0 fully saturated rings. The number of halogens is 2. The number of carboxylic acids is 1. The minimum Gasteiger partial charge on any atom is -0.493 e. The largest absolute Gasteiger partial charge is 0.493 e. The zero-order valence-electron chi connectivity index (χ0n) is 12.3. The maximum Gasteiger partial charge on any atom is 0.325 e. The minimum atomic E-state index is -1.13. The van der Waals surface area contributed by atoms with E-state index in [4.69, 9.17) is 43.5 Å². The van der Waals surface area contributed by atoms with Gasteiger partial charge in [-0.15, -0.1) is 0 Å². The average Bonchev–Trinajstić information content (AvgIpc) is 2.53. The van der Waals surface area contributed by atoms with Crippen LogP contribution in [0, 0.1) is 0 Å². The van der Waals surface area contributed by atoms with Gasteiger partial charge in [-0.05, 0) is 29.8 Å². The van der Waals surface area contributed by atoms with Gasteiger partial charge >= 0.3 is 5.97 Å². The number of ether oxygens (including phenoxy) is 2. The lowest BCUT2D eigenvalue weighted by atomic mass is 10.1. The number of rotatable bonds is 6. The number of hydrogen-bond acceptors (Lipinski definition) is 4. The van der Waals surface area contributed by atoms with E-state index in [1.54, 1.807) is 30.3 Å². The Balaban J connectivity index is 2.22. The molecule has 23 heavy (non-hydrogen) atoms. The van der Waals surface area contributed by atoms with Crippen molar-refractivity contribution in [3.05, 3.63) is 57.6 Å². The second-order valence-electron chi connectivity index (χ2n) is 4.72. The first-order valence-electron chi connectivity index (χ1n) is 6.66. The van der Waals surface area contributed by atoms with Crippen molar-refractivity contribution in [3.63, 3.8) is 0 Å². The highest BCUT2D eigenvalue weighted by molar-refractivity contribution is 6.35. The number of carbonyl (C=O) groups is 1. The van der Waals surface area contributed by atoms with Crippen molar-refractivity contribution in [1.29, 1.82) is 0 Å². The maximum absolute atomic E-state index is 10.9. The van der Waals surface area contributed by atoms with Crippen LogP contribution in [-0.2, 0) is 11.4 Å². The Hall–Kier alpha value is -1.95. The number of carboxylic acid groups (broad SMARTS) is 1. The van der Waals surface area contributed by atoms with E-state index in [1.807, 2.05) is 0 Å². The van der Waals surface area contributed by atoms with Crippen LogP contribution in [-0.4, -0.2) is 18.2 Å². The summed E-state index contributed by atoms with van der Waals surface area (Å²) in [6, 6.07) is 8.76. The van der Waals surface area contributed by atoms with Crippen LogP contribution in [0.25, 0.3) is 0 Å². The Labute approximate surface area is 143 Å². The molecule has 0 aliphatic rings. The van der Waals surface area contributed by atoms with Crippen LogP contribution >= 0.6 is 23.2 Å². The molecule has 0 aliphatic carbocycles. The van der Waals surface area contributed by atoms with Crippen LogP contribution in [0.2, 0.25) is 10.0 Å². The molecule has 0 bridgehead atoms. The van der Waals surface area contributed by atoms with Gasteiger partial charge < -0.3 is 20.3 Å². The van der Waals surface area contributed by atoms with E-state index in [9.17, 15) is 4.79 Å². The van der Waals surface area contributed by atoms with Gasteiger partial charge in [-0.3, -0.25) is 4.79 Å². The van der Waals surface area contributed by atoms with Gasteiger partial charge in [0.1, 0.15) is 12.6 Å². The normalized spacial score (nSPS) is 11.8. The molecule has 3 N–H and O–H groups in total. The highest BCUT2D eigenvalue weighted by atomic mass is 35.5. The van der Waals surface area contributed by atoms with Crippen molar-refractivity contribution in [2.24, 2.45) is 5.73 Å². The van der Waals surface area contributed by atoms with E-state index in [0.29, 0.717) is 32.7 Å². The average molecular weight is 356 g/mol. The molecule has 0 saturated heterocycles. The molecule has 0 amide bonds. The molecule has 0 spiro atoms. The van der Waals surface area contributed by atoms with Crippen LogP contribution in [0.4, 0.5) is 0 Å². The van der Waals surface area contributed by atoms with E-state index in [0.717, 1.165) is 0 Å². The van der Waals surface area contributed by atoms with Gasteiger partial charge in [-0.25, -0.2) is 0 Å². The van der Waals surface area contributed by atoms with Crippen LogP contribution in [0.15, 0.2) is 36.4 Å². The Kier molecular flexibility index (Phi) is 5.71. The Bertz CT molecular complexity index is 701. The van der Waals surface area contributed by atoms with Crippen molar-refractivity contribution in [1.82, 2.24) is 0 Å². The topological polar surface area (TPSA) is 81.8 Å². The van der Waals surface area contributed by atoms with Crippen LogP contribution in [0.1, 0.15) is 17.2 Å². The summed E-state index contributed by atoms with van der Waals surface area (Å²) in [5.74, 6) is -0.309. The van der Waals surface area contributed by atoms with E-state index in [-0.39, 0.29) is 6.61 Å². The molecule has 122 valence electrons. The van der Waals surface area contributed by atoms with Crippen molar-refractivity contribution in [2.45, 2.75) is 12.6 Å². The molecule has 1 unspecified atom stereocenters. The highest BCUT2D eigenvalue weighted by Gasteiger charge is 2.17. The van der Waals surface area contributed by atoms with Gasteiger partial charge in [0.15, 0.2) is 11.5 Å². The zero-order chi connectivity index (χ0) is 17.0. The number of methoxy groups -OCH3 is 1. The quantitative estimate of drug-likeness (QED) is 0.825. The van der Waals surface area contributed by atoms with E-state index in [2.05, 4.69) is 0 Å². The summed E-state index contributed by atoms with van der Waals surface area (Å²) in [5, 5.41) is 9.96. The first kappa shape index (κ1) is 17.4. The first-order valence-corrected chi connectivity index (χ1v) is 7.41.